The van der Waals surface area contributed by atoms with Gasteiger partial charge in [-0.25, -0.2) is 0 Å². The zero-order valence-electron chi connectivity index (χ0n) is 8.48. The summed E-state index contributed by atoms with van der Waals surface area (Å²) in [6.07, 6.45) is 2.41. The molecule has 1 aromatic carbocycles. The summed E-state index contributed by atoms with van der Waals surface area (Å²) in [6, 6.07) is 6.62. The Bertz CT molecular complexity index is 355. The lowest BCUT2D eigenvalue weighted by atomic mass is 9.74. The summed E-state index contributed by atoms with van der Waals surface area (Å²) in [5.41, 5.74) is 3.37. The Kier molecular flexibility index (Phi) is 2.78. The molecule has 1 unspecified atom stereocenters. The molecule has 0 amide bonds. The third-order valence-corrected chi connectivity index (χ3v) is 4.16. The Balaban J connectivity index is 2.45. The van der Waals surface area contributed by atoms with E-state index in [-0.39, 0.29) is 0 Å². The van der Waals surface area contributed by atoms with E-state index in [4.69, 9.17) is 0 Å². The van der Waals surface area contributed by atoms with Crippen molar-refractivity contribution in [1.29, 1.82) is 0 Å². The molecule has 0 saturated carbocycles. The van der Waals surface area contributed by atoms with E-state index in [9.17, 15) is 0 Å². The first-order valence-corrected chi connectivity index (χ1v) is 6.61. The van der Waals surface area contributed by atoms with Crippen molar-refractivity contribution in [3.8, 4) is 0 Å². The number of hydrogen-bond donors (Lipinski definition) is 0. The van der Waals surface area contributed by atoms with Gasteiger partial charge in [0, 0.05) is 9.30 Å². The average Bonchev–Trinajstić information content (AvgIpc) is 2.05. The summed E-state index contributed by atoms with van der Waals surface area (Å²) in [5, 5.41) is 0. The van der Waals surface area contributed by atoms with Crippen molar-refractivity contribution in [2.75, 3.05) is 0 Å². The molecule has 2 heteroatoms. The average molecular weight is 318 g/mol. The fourth-order valence-corrected chi connectivity index (χ4v) is 3.88. The monoisotopic (exact) mass is 316 g/mol. The second-order valence-corrected chi connectivity index (χ2v) is 6.88. The molecule has 0 saturated heterocycles. The van der Waals surface area contributed by atoms with Crippen molar-refractivity contribution < 1.29 is 0 Å². The lowest BCUT2D eigenvalue weighted by Crippen LogP contribution is -2.23. The van der Waals surface area contributed by atoms with Crippen molar-refractivity contribution in [2.45, 2.75) is 31.5 Å². The van der Waals surface area contributed by atoms with Crippen LogP contribution in [-0.4, -0.2) is 0 Å². The highest BCUT2D eigenvalue weighted by Gasteiger charge is 2.30. The summed E-state index contributed by atoms with van der Waals surface area (Å²) in [7, 11) is 0. The molecule has 0 radical (unpaired) electrons. The molecule has 0 N–H and O–H groups in total. The van der Waals surface area contributed by atoms with Crippen LogP contribution in [0.15, 0.2) is 22.7 Å². The van der Waals surface area contributed by atoms with Crippen LogP contribution in [0.3, 0.4) is 0 Å². The zero-order chi connectivity index (χ0) is 10.3. The Labute approximate surface area is 102 Å². The van der Waals surface area contributed by atoms with E-state index in [1.807, 2.05) is 0 Å². The molecule has 0 aliphatic heterocycles. The van der Waals surface area contributed by atoms with Crippen LogP contribution in [-0.2, 0) is 6.42 Å². The van der Waals surface area contributed by atoms with Crippen LogP contribution in [0.1, 0.15) is 36.2 Å². The highest BCUT2D eigenvalue weighted by molar-refractivity contribution is 9.10. The van der Waals surface area contributed by atoms with Gasteiger partial charge in [0.1, 0.15) is 0 Å². The minimum Gasteiger partial charge on any atom is -0.0838 e. The maximum absolute atomic E-state index is 3.78. The van der Waals surface area contributed by atoms with Gasteiger partial charge in [-0.05, 0) is 41.5 Å². The fourth-order valence-electron chi connectivity index (χ4n) is 2.20. The molecule has 1 aliphatic rings. The van der Waals surface area contributed by atoms with E-state index in [0.717, 1.165) is 0 Å². The van der Waals surface area contributed by atoms with Gasteiger partial charge in [-0.15, -0.1) is 0 Å². The van der Waals surface area contributed by atoms with Gasteiger partial charge >= 0.3 is 0 Å². The van der Waals surface area contributed by atoms with E-state index in [1.54, 1.807) is 0 Å². The van der Waals surface area contributed by atoms with Crippen LogP contribution in [0.5, 0.6) is 0 Å². The Morgan fingerprint density at radius 3 is 2.79 bits per heavy atom. The van der Waals surface area contributed by atoms with Gasteiger partial charge in [-0.2, -0.15) is 0 Å². The Morgan fingerprint density at radius 2 is 2.07 bits per heavy atom. The van der Waals surface area contributed by atoms with Crippen molar-refractivity contribution in [3.05, 3.63) is 33.8 Å². The lowest BCUT2D eigenvalue weighted by molar-refractivity contribution is 0.314. The van der Waals surface area contributed by atoms with Gasteiger partial charge in [0.2, 0.25) is 0 Å². The SMILES string of the molecule is CC1(C)Cc2ccc(Br)cc2C(Br)C1. The van der Waals surface area contributed by atoms with Gasteiger partial charge in [0.25, 0.3) is 0 Å². The van der Waals surface area contributed by atoms with Gasteiger partial charge in [0.15, 0.2) is 0 Å². The first-order valence-electron chi connectivity index (χ1n) is 4.90. The highest BCUT2D eigenvalue weighted by atomic mass is 79.9. The molecule has 0 spiro atoms. The topological polar surface area (TPSA) is 0 Å². The summed E-state index contributed by atoms with van der Waals surface area (Å²) in [5.74, 6) is 0. The highest BCUT2D eigenvalue weighted by Crippen LogP contribution is 2.45. The van der Waals surface area contributed by atoms with Gasteiger partial charge in [0.05, 0.1) is 0 Å². The number of rotatable bonds is 0. The second kappa shape index (κ2) is 3.64. The quantitative estimate of drug-likeness (QED) is 0.600. The van der Waals surface area contributed by atoms with Gasteiger partial charge in [-0.3, -0.25) is 0 Å². The van der Waals surface area contributed by atoms with Gasteiger partial charge < -0.3 is 0 Å². The van der Waals surface area contributed by atoms with Crippen LogP contribution in [0.2, 0.25) is 0 Å². The van der Waals surface area contributed by atoms with E-state index >= 15 is 0 Å². The van der Waals surface area contributed by atoms with Crippen LogP contribution in [0.25, 0.3) is 0 Å². The lowest BCUT2D eigenvalue weighted by Gasteiger charge is -2.34. The van der Waals surface area contributed by atoms with E-state index in [2.05, 4.69) is 63.9 Å². The Morgan fingerprint density at radius 1 is 1.36 bits per heavy atom. The van der Waals surface area contributed by atoms with E-state index < -0.39 is 0 Å². The molecular weight excluding hydrogens is 304 g/mol. The zero-order valence-corrected chi connectivity index (χ0v) is 11.7. The first-order chi connectivity index (χ1) is 6.48. The molecule has 1 aliphatic carbocycles. The number of halogens is 2. The third kappa shape index (κ3) is 2.06. The molecule has 0 nitrogen and oxygen atoms in total. The summed E-state index contributed by atoms with van der Waals surface area (Å²) < 4.78 is 1.18. The van der Waals surface area contributed by atoms with Crippen molar-refractivity contribution in [3.63, 3.8) is 0 Å². The third-order valence-electron chi connectivity index (χ3n) is 2.85. The molecule has 0 fully saturated rings. The predicted molar refractivity (Wildman–Crippen MR) is 67.9 cm³/mol. The first kappa shape index (κ1) is 10.7. The number of benzene rings is 1. The fraction of sp³-hybridized carbons (Fsp3) is 0.500. The largest absolute Gasteiger partial charge is 0.0838 e. The summed E-state index contributed by atoms with van der Waals surface area (Å²) in [4.78, 5) is 0.513. The van der Waals surface area contributed by atoms with Crippen molar-refractivity contribution in [2.24, 2.45) is 5.41 Å². The van der Waals surface area contributed by atoms with Crippen LogP contribution in [0, 0.1) is 5.41 Å². The minimum atomic E-state index is 0.426. The molecule has 1 atom stereocenters. The van der Waals surface area contributed by atoms with Crippen molar-refractivity contribution in [1.82, 2.24) is 0 Å². The molecule has 1 aromatic rings. The van der Waals surface area contributed by atoms with Gasteiger partial charge in [-0.1, -0.05) is 51.8 Å². The minimum absolute atomic E-state index is 0.426. The standard InChI is InChI=1S/C12H14Br2/c1-12(2)6-8-3-4-9(13)5-10(8)11(14)7-12/h3-5,11H,6-7H2,1-2H3. The molecule has 0 aromatic heterocycles. The van der Waals surface area contributed by atoms with E-state index in [0.29, 0.717) is 10.2 Å². The number of fused-ring (bicyclic) bond motifs is 1. The molecule has 2 rings (SSSR count). The second-order valence-electron chi connectivity index (χ2n) is 4.86. The number of hydrogen-bond acceptors (Lipinski definition) is 0. The summed E-state index contributed by atoms with van der Waals surface area (Å²) >= 11 is 7.30. The molecule has 0 heterocycles. The molecule has 0 bridgehead atoms. The van der Waals surface area contributed by atoms with Crippen molar-refractivity contribution >= 4 is 31.9 Å². The van der Waals surface area contributed by atoms with Crippen LogP contribution < -0.4 is 0 Å². The van der Waals surface area contributed by atoms with Crippen LogP contribution in [0.4, 0.5) is 0 Å². The molecule has 76 valence electrons. The maximum atomic E-state index is 3.78. The smallest absolute Gasteiger partial charge is 0.0403 e. The number of alkyl halides is 1. The normalized spacial score (nSPS) is 24.4. The predicted octanol–water partition coefficient (Wildman–Crippen LogP) is 4.86. The molecular formula is C12H14Br2. The Hall–Kier alpha value is 0.180. The van der Waals surface area contributed by atoms with Crippen LogP contribution >= 0.6 is 31.9 Å². The summed E-state index contributed by atoms with van der Waals surface area (Å²) in [6.45, 7) is 4.68. The molecule has 14 heavy (non-hydrogen) atoms. The van der Waals surface area contributed by atoms with E-state index in [1.165, 1.54) is 28.4 Å². The maximum Gasteiger partial charge on any atom is 0.0403 e.